The highest BCUT2D eigenvalue weighted by atomic mass is 14.9. The lowest BCUT2D eigenvalue weighted by Crippen LogP contribution is -2.00. The minimum absolute atomic E-state index is 0.597. The van der Waals surface area contributed by atoms with Crippen LogP contribution in [0.15, 0.2) is 60.8 Å². The van der Waals surface area contributed by atoms with Crippen LogP contribution in [-0.4, -0.2) is 4.57 Å². The molecule has 0 spiro atoms. The molecule has 1 heterocycles. The fourth-order valence-electron chi connectivity index (χ4n) is 2.55. The van der Waals surface area contributed by atoms with Gasteiger partial charge in [0.05, 0.1) is 0 Å². The number of fused-ring (bicyclic) bond motifs is 1. The van der Waals surface area contributed by atoms with Crippen LogP contribution < -0.4 is 5.73 Å². The highest BCUT2D eigenvalue weighted by Gasteiger charge is 2.04. The van der Waals surface area contributed by atoms with Crippen LogP contribution in [-0.2, 0) is 19.5 Å². The third kappa shape index (κ3) is 2.40. The number of aromatic nitrogens is 1. The molecule has 0 atom stereocenters. The summed E-state index contributed by atoms with van der Waals surface area (Å²) >= 11 is 0. The summed E-state index contributed by atoms with van der Waals surface area (Å²) in [5.74, 6) is 0. The normalized spacial score (nSPS) is 11.0. The second-order valence-corrected chi connectivity index (χ2v) is 4.80. The van der Waals surface area contributed by atoms with Crippen molar-refractivity contribution in [1.29, 1.82) is 0 Å². The molecule has 96 valence electrons. The van der Waals surface area contributed by atoms with E-state index in [1.807, 2.05) is 0 Å². The monoisotopic (exact) mass is 250 g/mol. The Hall–Kier alpha value is -2.06. The summed E-state index contributed by atoms with van der Waals surface area (Å²) in [4.78, 5) is 0. The van der Waals surface area contributed by atoms with Gasteiger partial charge in [-0.1, -0.05) is 42.5 Å². The summed E-state index contributed by atoms with van der Waals surface area (Å²) < 4.78 is 2.31. The lowest BCUT2D eigenvalue weighted by molar-refractivity contribution is 0.723. The summed E-state index contributed by atoms with van der Waals surface area (Å²) in [5, 5.41) is 1.28. The van der Waals surface area contributed by atoms with Gasteiger partial charge in [-0.2, -0.15) is 0 Å². The Bertz CT molecular complexity index is 668. The molecule has 0 amide bonds. The predicted octanol–water partition coefficient (Wildman–Crippen LogP) is 3.34. The first-order valence-corrected chi connectivity index (χ1v) is 6.69. The zero-order valence-electron chi connectivity index (χ0n) is 10.9. The van der Waals surface area contributed by atoms with Crippen molar-refractivity contribution in [3.63, 3.8) is 0 Å². The van der Waals surface area contributed by atoms with Crippen LogP contribution in [0.4, 0.5) is 0 Å². The maximum absolute atomic E-state index is 5.78. The summed E-state index contributed by atoms with van der Waals surface area (Å²) in [7, 11) is 0. The number of nitrogens with zero attached hydrogens (tertiary/aromatic N) is 1. The standard InChI is InChI=1S/C17H18N2/c18-13-15-7-4-8-17-16(15)10-12-19(17)11-9-14-5-2-1-3-6-14/h1-8,10,12H,9,11,13,18H2. The second-order valence-electron chi connectivity index (χ2n) is 4.80. The number of benzene rings is 2. The van der Waals surface area contributed by atoms with Crippen LogP contribution in [0.25, 0.3) is 10.9 Å². The Morgan fingerprint density at radius 1 is 0.895 bits per heavy atom. The van der Waals surface area contributed by atoms with E-state index >= 15 is 0 Å². The predicted molar refractivity (Wildman–Crippen MR) is 80.0 cm³/mol. The van der Waals surface area contributed by atoms with Gasteiger partial charge in [0, 0.05) is 30.2 Å². The van der Waals surface area contributed by atoms with Gasteiger partial charge in [0.1, 0.15) is 0 Å². The molecule has 0 unspecified atom stereocenters. The van der Waals surface area contributed by atoms with Gasteiger partial charge in [-0.25, -0.2) is 0 Å². The summed E-state index contributed by atoms with van der Waals surface area (Å²) in [5.41, 5.74) is 9.65. The first-order chi connectivity index (χ1) is 9.38. The van der Waals surface area contributed by atoms with Crippen LogP contribution in [0.1, 0.15) is 11.1 Å². The summed E-state index contributed by atoms with van der Waals surface area (Å²) in [6.45, 7) is 1.60. The van der Waals surface area contributed by atoms with E-state index in [2.05, 4.69) is 65.4 Å². The molecule has 2 N–H and O–H groups in total. The van der Waals surface area contributed by atoms with E-state index in [1.54, 1.807) is 0 Å². The van der Waals surface area contributed by atoms with Gasteiger partial charge in [-0.15, -0.1) is 0 Å². The molecule has 0 fully saturated rings. The fourth-order valence-corrected chi connectivity index (χ4v) is 2.55. The molecule has 0 saturated heterocycles. The highest BCUT2D eigenvalue weighted by Crippen LogP contribution is 2.20. The van der Waals surface area contributed by atoms with Crippen molar-refractivity contribution in [2.24, 2.45) is 5.73 Å². The quantitative estimate of drug-likeness (QED) is 0.756. The first kappa shape index (κ1) is 12.0. The second kappa shape index (κ2) is 5.29. The molecule has 0 aliphatic rings. The molecular weight excluding hydrogens is 232 g/mol. The van der Waals surface area contributed by atoms with Gasteiger partial charge < -0.3 is 10.3 Å². The molecule has 2 heteroatoms. The number of nitrogens with two attached hydrogens (primary N) is 1. The Kier molecular flexibility index (Phi) is 3.34. The molecule has 3 aromatic rings. The van der Waals surface area contributed by atoms with Gasteiger partial charge in [0.2, 0.25) is 0 Å². The van der Waals surface area contributed by atoms with Gasteiger partial charge in [-0.05, 0) is 29.7 Å². The largest absolute Gasteiger partial charge is 0.347 e. The molecule has 0 aliphatic heterocycles. The van der Waals surface area contributed by atoms with E-state index in [-0.39, 0.29) is 0 Å². The third-order valence-electron chi connectivity index (χ3n) is 3.61. The Morgan fingerprint density at radius 3 is 2.53 bits per heavy atom. The highest BCUT2D eigenvalue weighted by molar-refractivity contribution is 5.83. The van der Waals surface area contributed by atoms with E-state index in [0.29, 0.717) is 6.54 Å². The zero-order chi connectivity index (χ0) is 13.1. The molecule has 0 bridgehead atoms. The summed E-state index contributed by atoms with van der Waals surface area (Å²) in [6.07, 6.45) is 3.21. The molecule has 19 heavy (non-hydrogen) atoms. The van der Waals surface area contributed by atoms with E-state index in [0.717, 1.165) is 13.0 Å². The molecule has 3 rings (SSSR count). The molecule has 2 aromatic carbocycles. The van der Waals surface area contributed by atoms with Crippen LogP contribution in [0.5, 0.6) is 0 Å². The molecule has 0 saturated carbocycles. The van der Waals surface area contributed by atoms with E-state index in [1.165, 1.54) is 22.0 Å². The number of aryl methyl sites for hydroxylation is 2. The van der Waals surface area contributed by atoms with Crippen molar-refractivity contribution in [1.82, 2.24) is 4.57 Å². The molecule has 1 aromatic heterocycles. The van der Waals surface area contributed by atoms with Crippen LogP contribution in [0.2, 0.25) is 0 Å². The first-order valence-electron chi connectivity index (χ1n) is 6.69. The van der Waals surface area contributed by atoms with E-state index < -0.39 is 0 Å². The molecule has 0 radical (unpaired) electrons. The van der Waals surface area contributed by atoms with Crippen molar-refractivity contribution < 1.29 is 0 Å². The van der Waals surface area contributed by atoms with Crippen LogP contribution in [0.3, 0.4) is 0 Å². The Morgan fingerprint density at radius 2 is 1.74 bits per heavy atom. The maximum Gasteiger partial charge on any atom is 0.0483 e. The van der Waals surface area contributed by atoms with Crippen molar-refractivity contribution in [2.75, 3.05) is 0 Å². The van der Waals surface area contributed by atoms with Gasteiger partial charge in [0.15, 0.2) is 0 Å². The lowest BCUT2D eigenvalue weighted by atomic mass is 10.1. The minimum atomic E-state index is 0.597. The van der Waals surface area contributed by atoms with Crippen LogP contribution >= 0.6 is 0 Å². The smallest absolute Gasteiger partial charge is 0.0483 e. The molecular formula is C17H18N2. The maximum atomic E-state index is 5.78. The zero-order valence-corrected chi connectivity index (χ0v) is 10.9. The van der Waals surface area contributed by atoms with Crippen molar-refractivity contribution in [3.05, 3.63) is 71.9 Å². The lowest BCUT2D eigenvalue weighted by Gasteiger charge is -2.06. The average Bonchev–Trinajstić information content (AvgIpc) is 2.89. The van der Waals surface area contributed by atoms with E-state index in [4.69, 9.17) is 5.73 Å². The number of hydrogen-bond acceptors (Lipinski definition) is 1. The van der Waals surface area contributed by atoms with Crippen molar-refractivity contribution >= 4 is 10.9 Å². The van der Waals surface area contributed by atoms with Gasteiger partial charge in [-0.3, -0.25) is 0 Å². The van der Waals surface area contributed by atoms with Crippen molar-refractivity contribution in [3.8, 4) is 0 Å². The number of rotatable bonds is 4. The van der Waals surface area contributed by atoms with Gasteiger partial charge >= 0.3 is 0 Å². The van der Waals surface area contributed by atoms with E-state index in [9.17, 15) is 0 Å². The minimum Gasteiger partial charge on any atom is -0.347 e. The number of hydrogen-bond donors (Lipinski definition) is 1. The average molecular weight is 250 g/mol. The topological polar surface area (TPSA) is 30.9 Å². The SMILES string of the molecule is NCc1cccc2c1ccn2CCc1ccccc1. The third-order valence-corrected chi connectivity index (χ3v) is 3.61. The Labute approximate surface area is 113 Å². The van der Waals surface area contributed by atoms with Gasteiger partial charge in [0.25, 0.3) is 0 Å². The van der Waals surface area contributed by atoms with Crippen LogP contribution in [0, 0.1) is 0 Å². The van der Waals surface area contributed by atoms with Crippen molar-refractivity contribution in [2.45, 2.75) is 19.5 Å². The fraction of sp³-hybridized carbons (Fsp3) is 0.176. The molecule has 2 nitrogen and oxygen atoms in total. The molecule has 0 aliphatic carbocycles. The summed E-state index contributed by atoms with van der Waals surface area (Å²) in [6, 6.07) is 19.1. The Balaban J connectivity index is 1.86.